The molecule has 0 amide bonds. The number of hydrogen-bond acceptors (Lipinski definition) is 2. The molecule has 2 heterocycles. The Labute approximate surface area is 97.5 Å². The van der Waals surface area contributed by atoms with E-state index in [1.165, 1.54) is 12.1 Å². The minimum absolute atomic E-state index is 0.250. The van der Waals surface area contributed by atoms with Crippen LogP contribution in [-0.2, 0) is 0 Å². The molecule has 0 saturated carbocycles. The molecular formula is C13H10FN3. The second kappa shape index (κ2) is 3.66. The lowest BCUT2D eigenvalue weighted by Gasteiger charge is -2.03. The van der Waals surface area contributed by atoms with Crippen molar-refractivity contribution in [3.63, 3.8) is 0 Å². The fourth-order valence-corrected chi connectivity index (χ4v) is 1.86. The fraction of sp³-hybridized carbons (Fsp3) is 0.0769. The highest BCUT2D eigenvalue weighted by Crippen LogP contribution is 2.19. The second-order valence-electron chi connectivity index (χ2n) is 3.92. The Kier molecular flexibility index (Phi) is 2.14. The van der Waals surface area contributed by atoms with Crippen LogP contribution >= 0.6 is 0 Å². The van der Waals surface area contributed by atoms with Crippen LogP contribution in [0.5, 0.6) is 0 Å². The van der Waals surface area contributed by atoms with Gasteiger partial charge in [-0.05, 0) is 36.8 Å². The van der Waals surface area contributed by atoms with Crippen LogP contribution in [0.15, 0.2) is 42.9 Å². The third-order valence-electron chi connectivity index (χ3n) is 2.77. The fourth-order valence-electron chi connectivity index (χ4n) is 1.86. The van der Waals surface area contributed by atoms with Crippen molar-refractivity contribution < 1.29 is 4.39 Å². The molecule has 0 aliphatic heterocycles. The van der Waals surface area contributed by atoms with Crippen molar-refractivity contribution in [2.24, 2.45) is 0 Å². The van der Waals surface area contributed by atoms with Crippen LogP contribution < -0.4 is 0 Å². The molecule has 0 radical (unpaired) electrons. The van der Waals surface area contributed by atoms with Crippen LogP contribution in [0.2, 0.25) is 0 Å². The summed E-state index contributed by atoms with van der Waals surface area (Å²) < 4.78 is 14.6. The quantitative estimate of drug-likeness (QED) is 0.640. The minimum Gasteiger partial charge on any atom is -0.262 e. The summed E-state index contributed by atoms with van der Waals surface area (Å²) in [4.78, 5) is 4.15. The normalized spacial score (nSPS) is 10.9. The summed E-state index contributed by atoms with van der Waals surface area (Å²) in [6.07, 6.45) is 5.37. The van der Waals surface area contributed by atoms with Crippen molar-refractivity contribution in [1.82, 2.24) is 14.8 Å². The Morgan fingerprint density at radius 3 is 2.59 bits per heavy atom. The predicted molar refractivity (Wildman–Crippen MR) is 63.6 cm³/mol. The van der Waals surface area contributed by atoms with Crippen molar-refractivity contribution >= 4 is 10.9 Å². The number of nitrogens with zero attached hydrogens (tertiary/aromatic N) is 3. The summed E-state index contributed by atoms with van der Waals surface area (Å²) in [7, 11) is 0. The van der Waals surface area contributed by atoms with E-state index in [-0.39, 0.29) is 5.82 Å². The van der Waals surface area contributed by atoms with Gasteiger partial charge in [-0.2, -0.15) is 5.10 Å². The summed E-state index contributed by atoms with van der Waals surface area (Å²) in [5, 5.41) is 5.37. The van der Waals surface area contributed by atoms with Crippen molar-refractivity contribution in [3.05, 3.63) is 54.2 Å². The van der Waals surface area contributed by atoms with Crippen LogP contribution in [0, 0.1) is 12.7 Å². The van der Waals surface area contributed by atoms with Gasteiger partial charge in [-0.25, -0.2) is 9.07 Å². The molecule has 0 atom stereocenters. The Morgan fingerprint density at radius 2 is 1.82 bits per heavy atom. The topological polar surface area (TPSA) is 30.7 Å². The summed E-state index contributed by atoms with van der Waals surface area (Å²) in [6, 6.07) is 6.24. The number of fused-ring (bicyclic) bond motifs is 1. The van der Waals surface area contributed by atoms with Gasteiger partial charge in [0.1, 0.15) is 5.82 Å². The molecule has 4 heteroatoms. The highest BCUT2D eigenvalue weighted by Gasteiger charge is 2.06. The minimum atomic E-state index is -0.250. The highest BCUT2D eigenvalue weighted by atomic mass is 19.1. The number of pyridine rings is 1. The Morgan fingerprint density at radius 1 is 1.06 bits per heavy atom. The predicted octanol–water partition coefficient (Wildman–Crippen LogP) is 2.87. The average molecular weight is 227 g/mol. The van der Waals surface area contributed by atoms with Crippen LogP contribution in [0.4, 0.5) is 4.39 Å². The average Bonchev–Trinajstić information content (AvgIpc) is 2.75. The molecule has 3 rings (SSSR count). The molecule has 0 aliphatic rings. The molecule has 2 aromatic heterocycles. The second-order valence-corrected chi connectivity index (χ2v) is 3.92. The zero-order valence-electron chi connectivity index (χ0n) is 9.26. The first-order valence-electron chi connectivity index (χ1n) is 5.30. The van der Waals surface area contributed by atoms with E-state index in [4.69, 9.17) is 0 Å². The molecule has 0 N–H and O–H groups in total. The largest absolute Gasteiger partial charge is 0.262 e. The summed E-state index contributed by atoms with van der Waals surface area (Å²) in [5.74, 6) is -0.250. The number of benzene rings is 1. The summed E-state index contributed by atoms with van der Waals surface area (Å²) >= 11 is 0. The van der Waals surface area contributed by atoms with Gasteiger partial charge >= 0.3 is 0 Å². The maximum absolute atomic E-state index is 12.9. The van der Waals surface area contributed by atoms with E-state index in [0.717, 1.165) is 22.2 Å². The standard InChI is InChI=1S/C13H10FN3/c1-9-6-15-8-13-12(9)7-16-17(13)11-4-2-10(14)3-5-11/h2-8H,1H3. The molecule has 0 aliphatic carbocycles. The number of aromatic nitrogens is 3. The van der Waals surface area contributed by atoms with Crippen LogP contribution in [-0.4, -0.2) is 14.8 Å². The molecule has 17 heavy (non-hydrogen) atoms. The number of rotatable bonds is 1. The zero-order chi connectivity index (χ0) is 11.8. The molecule has 0 saturated heterocycles. The lowest BCUT2D eigenvalue weighted by atomic mass is 10.2. The molecule has 0 bridgehead atoms. The Hall–Kier alpha value is -2.23. The first-order chi connectivity index (χ1) is 8.25. The molecule has 3 aromatic rings. The molecule has 0 spiro atoms. The molecule has 84 valence electrons. The molecule has 3 nitrogen and oxygen atoms in total. The van der Waals surface area contributed by atoms with Crippen molar-refractivity contribution in [2.75, 3.05) is 0 Å². The summed E-state index contributed by atoms with van der Waals surface area (Å²) in [6.45, 7) is 1.99. The third kappa shape index (κ3) is 1.58. The highest BCUT2D eigenvalue weighted by molar-refractivity contribution is 5.82. The Bertz CT molecular complexity index is 671. The lowest BCUT2D eigenvalue weighted by molar-refractivity contribution is 0.627. The lowest BCUT2D eigenvalue weighted by Crippen LogP contribution is -1.96. The van der Waals surface area contributed by atoms with Gasteiger partial charge in [-0.1, -0.05) is 0 Å². The van der Waals surface area contributed by atoms with E-state index < -0.39 is 0 Å². The van der Waals surface area contributed by atoms with Crippen molar-refractivity contribution in [1.29, 1.82) is 0 Å². The maximum Gasteiger partial charge on any atom is 0.123 e. The first-order valence-corrected chi connectivity index (χ1v) is 5.30. The van der Waals surface area contributed by atoms with Gasteiger partial charge in [-0.15, -0.1) is 0 Å². The molecule has 0 unspecified atom stereocenters. The Balaban J connectivity index is 2.24. The zero-order valence-corrected chi connectivity index (χ0v) is 9.26. The van der Waals surface area contributed by atoms with E-state index in [2.05, 4.69) is 10.1 Å². The summed E-state index contributed by atoms with van der Waals surface area (Å²) in [5.41, 5.74) is 2.83. The van der Waals surface area contributed by atoms with Crippen molar-refractivity contribution in [2.45, 2.75) is 6.92 Å². The van der Waals surface area contributed by atoms with Crippen LogP contribution in [0.25, 0.3) is 16.6 Å². The van der Waals surface area contributed by atoms with Crippen molar-refractivity contribution in [3.8, 4) is 5.69 Å². The van der Waals surface area contributed by atoms with Gasteiger partial charge < -0.3 is 0 Å². The van der Waals surface area contributed by atoms with E-state index in [1.54, 1.807) is 35.4 Å². The van der Waals surface area contributed by atoms with E-state index in [0.29, 0.717) is 0 Å². The van der Waals surface area contributed by atoms with Gasteiger partial charge in [0.15, 0.2) is 0 Å². The SMILES string of the molecule is Cc1cncc2c1cnn2-c1ccc(F)cc1. The smallest absolute Gasteiger partial charge is 0.123 e. The van der Waals surface area contributed by atoms with E-state index in [9.17, 15) is 4.39 Å². The number of aryl methyl sites for hydroxylation is 1. The van der Waals surface area contributed by atoms with Crippen LogP contribution in [0.1, 0.15) is 5.56 Å². The third-order valence-corrected chi connectivity index (χ3v) is 2.77. The van der Waals surface area contributed by atoms with Gasteiger partial charge in [0.05, 0.1) is 23.6 Å². The van der Waals surface area contributed by atoms with E-state index in [1.807, 2.05) is 6.92 Å². The van der Waals surface area contributed by atoms with Crippen LogP contribution in [0.3, 0.4) is 0 Å². The van der Waals surface area contributed by atoms with E-state index >= 15 is 0 Å². The van der Waals surface area contributed by atoms with Gasteiger partial charge in [-0.3, -0.25) is 4.98 Å². The molecular weight excluding hydrogens is 217 g/mol. The van der Waals surface area contributed by atoms with Gasteiger partial charge in [0.2, 0.25) is 0 Å². The van der Waals surface area contributed by atoms with Gasteiger partial charge in [0.25, 0.3) is 0 Å². The number of hydrogen-bond donors (Lipinski definition) is 0. The molecule has 1 aromatic carbocycles. The first kappa shape index (κ1) is 9.96. The maximum atomic E-state index is 12.9. The number of halogens is 1. The van der Waals surface area contributed by atoms with Gasteiger partial charge in [0, 0.05) is 11.6 Å². The molecule has 0 fully saturated rings. The monoisotopic (exact) mass is 227 g/mol.